The van der Waals surface area contributed by atoms with Crippen LogP contribution in [0.4, 0.5) is 17.1 Å². The highest BCUT2D eigenvalue weighted by atomic mass is 15.1. The Morgan fingerprint density at radius 3 is 1.37 bits per heavy atom. The van der Waals surface area contributed by atoms with Gasteiger partial charge in [-0.2, -0.15) is 0 Å². The highest BCUT2D eigenvalue weighted by Gasteiger charge is 2.46. The minimum atomic E-state index is -0.521. The smallest absolute Gasteiger partial charge is 0.0714 e. The third kappa shape index (κ3) is 5.57. The van der Waals surface area contributed by atoms with Crippen molar-refractivity contribution in [3.63, 3.8) is 0 Å². The van der Waals surface area contributed by atoms with Gasteiger partial charge in [0, 0.05) is 16.9 Å². The van der Waals surface area contributed by atoms with E-state index in [1.54, 1.807) is 0 Å². The van der Waals surface area contributed by atoms with Crippen LogP contribution in [0.25, 0.3) is 89.0 Å². The van der Waals surface area contributed by atoms with Gasteiger partial charge < -0.3 is 4.90 Å². The molecule has 11 aromatic rings. The van der Waals surface area contributed by atoms with Crippen LogP contribution in [0.3, 0.4) is 0 Å². The first kappa shape index (κ1) is 38.5. The molecule has 14 rings (SSSR count). The molecule has 0 aromatic heterocycles. The molecule has 6 bridgehead atoms. The zero-order valence-electron chi connectivity index (χ0n) is 37.3. The zero-order valence-corrected chi connectivity index (χ0v) is 37.3. The normalized spacial score (nSPS) is 12.8. The van der Waals surface area contributed by atoms with E-state index >= 15 is 0 Å². The molecular weight excluding hydrogens is 819 g/mol. The standard InChI is InChI=1S/C67H43N/c1-4-18-45(19-5-1)51-24-13-15-33-64(51)68(50-39-41-55-54-26-12-14-32-62(54)67(63(55)43-50,47-20-6-2-7-21-47)48-22-8-3-9-23-48)49-37-34-44(35-38-49)46-36-40-53-58-29-17-30-59-60-31-16-28-57(66(60)61(53)42-46)52-25-10-11-27-56(52)65(58)59/h1-43H. The first-order valence-corrected chi connectivity index (χ1v) is 23.7. The van der Waals surface area contributed by atoms with E-state index in [0.29, 0.717) is 0 Å². The summed E-state index contributed by atoms with van der Waals surface area (Å²) in [4.78, 5) is 2.47. The third-order valence-electron chi connectivity index (χ3n) is 14.9. The third-order valence-corrected chi connectivity index (χ3v) is 14.9. The number of hydrogen-bond donors (Lipinski definition) is 0. The van der Waals surface area contributed by atoms with Crippen molar-refractivity contribution in [2.45, 2.75) is 5.41 Å². The maximum atomic E-state index is 2.47. The lowest BCUT2D eigenvalue weighted by atomic mass is 9.67. The fourth-order valence-electron chi connectivity index (χ4n) is 12.0. The number of rotatable bonds is 7. The Bertz CT molecular complexity index is 3710. The first-order valence-electron chi connectivity index (χ1n) is 23.7. The molecule has 1 heteroatoms. The highest BCUT2D eigenvalue weighted by Crippen LogP contribution is 2.59. The van der Waals surface area contributed by atoms with Gasteiger partial charge in [0.15, 0.2) is 0 Å². The quantitative estimate of drug-likeness (QED) is 0.154. The molecule has 0 atom stereocenters. The number of hydrogen-bond acceptors (Lipinski definition) is 1. The molecule has 0 radical (unpaired) electrons. The van der Waals surface area contributed by atoms with Crippen molar-refractivity contribution in [1.29, 1.82) is 0 Å². The van der Waals surface area contributed by atoms with Crippen molar-refractivity contribution < 1.29 is 0 Å². The molecule has 68 heavy (non-hydrogen) atoms. The maximum Gasteiger partial charge on any atom is 0.0714 e. The van der Waals surface area contributed by atoms with Crippen molar-refractivity contribution in [3.8, 4) is 89.0 Å². The van der Waals surface area contributed by atoms with E-state index in [0.717, 1.165) is 17.1 Å². The van der Waals surface area contributed by atoms with Gasteiger partial charge in [-0.25, -0.2) is 0 Å². The molecule has 0 amide bonds. The minimum Gasteiger partial charge on any atom is -0.310 e. The Kier molecular flexibility index (Phi) is 8.57. The maximum absolute atomic E-state index is 2.47. The molecule has 0 N–H and O–H groups in total. The van der Waals surface area contributed by atoms with Gasteiger partial charge in [0.05, 0.1) is 11.1 Å². The molecular formula is C67H43N. The fraction of sp³-hybridized carbons (Fsp3) is 0.0149. The second-order valence-corrected chi connectivity index (χ2v) is 18.3. The minimum absolute atomic E-state index is 0.521. The predicted octanol–water partition coefficient (Wildman–Crippen LogP) is 17.8. The second kappa shape index (κ2) is 15.1. The molecule has 11 aromatic carbocycles. The molecule has 0 unspecified atom stereocenters. The van der Waals surface area contributed by atoms with Crippen LogP contribution < -0.4 is 4.90 Å². The van der Waals surface area contributed by atoms with Crippen LogP contribution >= 0.6 is 0 Å². The molecule has 0 fully saturated rings. The van der Waals surface area contributed by atoms with E-state index in [2.05, 4.69) is 266 Å². The van der Waals surface area contributed by atoms with Crippen LogP contribution in [-0.2, 0) is 5.41 Å². The van der Waals surface area contributed by atoms with E-state index < -0.39 is 5.41 Å². The summed E-state index contributed by atoms with van der Waals surface area (Å²) in [6, 6.07) is 97.0. The molecule has 0 aliphatic heterocycles. The Balaban J connectivity index is 0.951. The van der Waals surface area contributed by atoms with Crippen LogP contribution in [0.2, 0.25) is 0 Å². The Hall–Kier alpha value is -8.78. The Morgan fingerprint density at radius 2 is 0.691 bits per heavy atom. The number of para-hydroxylation sites is 1. The van der Waals surface area contributed by atoms with Crippen molar-refractivity contribution in [3.05, 3.63) is 283 Å². The van der Waals surface area contributed by atoms with Gasteiger partial charge >= 0.3 is 0 Å². The van der Waals surface area contributed by atoms with Crippen LogP contribution in [0, 0.1) is 0 Å². The van der Waals surface area contributed by atoms with E-state index in [4.69, 9.17) is 0 Å². The van der Waals surface area contributed by atoms with E-state index in [1.807, 2.05) is 0 Å². The van der Waals surface area contributed by atoms with Crippen molar-refractivity contribution in [1.82, 2.24) is 0 Å². The molecule has 0 spiro atoms. The van der Waals surface area contributed by atoms with Crippen molar-refractivity contribution >= 4 is 17.1 Å². The number of fused-ring (bicyclic) bond motifs is 7. The largest absolute Gasteiger partial charge is 0.310 e. The van der Waals surface area contributed by atoms with Crippen LogP contribution in [0.1, 0.15) is 22.3 Å². The molecule has 0 saturated heterocycles. The van der Waals surface area contributed by atoms with Gasteiger partial charge in [0.1, 0.15) is 0 Å². The summed E-state index contributed by atoms with van der Waals surface area (Å²) in [5.41, 5.74) is 28.2. The SMILES string of the molecule is c1ccc(-c2ccccc2N(c2ccc(-c3ccc4c(c3)-c3c5cccc3-c3cccc-4c3-c3ccccc3-5)cc2)c2ccc3c(c2)C(c2ccccc2)(c2ccccc2)c2ccccc2-3)cc1. The summed E-state index contributed by atoms with van der Waals surface area (Å²) >= 11 is 0. The first-order chi connectivity index (χ1) is 33.8. The number of benzene rings is 11. The lowest BCUT2D eigenvalue weighted by Crippen LogP contribution is -2.28. The monoisotopic (exact) mass is 861 g/mol. The average Bonchev–Trinajstić information content (AvgIpc) is 3.65. The summed E-state index contributed by atoms with van der Waals surface area (Å²) in [5, 5.41) is 0. The zero-order chi connectivity index (χ0) is 44.8. The molecule has 0 heterocycles. The Morgan fingerprint density at radius 1 is 0.235 bits per heavy atom. The Labute approximate surface area is 397 Å². The molecule has 0 saturated carbocycles. The van der Waals surface area contributed by atoms with Gasteiger partial charge in [0.25, 0.3) is 0 Å². The van der Waals surface area contributed by atoms with Gasteiger partial charge in [-0.3, -0.25) is 0 Å². The summed E-state index contributed by atoms with van der Waals surface area (Å²) in [7, 11) is 0. The topological polar surface area (TPSA) is 3.24 Å². The van der Waals surface area contributed by atoms with Gasteiger partial charge in [-0.15, -0.1) is 0 Å². The molecule has 316 valence electrons. The lowest BCUT2D eigenvalue weighted by molar-refractivity contribution is 0.768. The highest BCUT2D eigenvalue weighted by molar-refractivity contribution is 6.15. The van der Waals surface area contributed by atoms with Gasteiger partial charge in [-0.1, -0.05) is 224 Å². The average molecular weight is 862 g/mol. The lowest BCUT2D eigenvalue weighted by Gasteiger charge is -2.35. The summed E-state index contributed by atoms with van der Waals surface area (Å²) < 4.78 is 0. The van der Waals surface area contributed by atoms with Crippen LogP contribution in [-0.4, -0.2) is 0 Å². The molecule has 1 nitrogen and oxygen atoms in total. The van der Waals surface area contributed by atoms with Crippen molar-refractivity contribution in [2.24, 2.45) is 0 Å². The van der Waals surface area contributed by atoms with Gasteiger partial charge in [0.2, 0.25) is 0 Å². The predicted molar refractivity (Wildman–Crippen MR) is 284 cm³/mol. The van der Waals surface area contributed by atoms with E-state index in [9.17, 15) is 0 Å². The summed E-state index contributed by atoms with van der Waals surface area (Å²) in [5.74, 6) is 0. The summed E-state index contributed by atoms with van der Waals surface area (Å²) in [6.07, 6.45) is 0. The second-order valence-electron chi connectivity index (χ2n) is 18.3. The molecule has 3 aliphatic rings. The number of anilines is 3. The van der Waals surface area contributed by atoms with E-state index in [-0.39, 0.29) is 0 Å². The van der Waals surface area contributed by atoms with E-state index in [1.165, 1.54) is 111 Å². The van der Waals surface area contributed by atoms with Gasteiger partial charge in [-0.05, 0) is 142 Å². The molecule has 3 aliphatic carbocycles. The fourth-order valence-corrected chi connectivity index (χ4v) is 12.0. The van der Waals surface area contributed by atoms with Crippen molar-refractivity contribution in [2.75, 3.05) is 4.90 Å². The van der Waals surface area contributed by atoms with Crippen LogP contribution in [0.5, 0.6) is 0 Å². The number of nitrogens with zero attached hydrogens (tertiary/aromatic N) is 1. The van der Waals surface area contributed by atoms with Crippen LogP contribution in [0.15, 0.2) is 261 Å². The summed E-state index contributed by atoms with van der Waals surface area (Å²) in [6.45, 7) is 0.